The minimum absolute atomic E-state index is 0.0512. The molecular formula is C27H45NO4Si. The minimum Gasteiger partial charge on any atom is -0.416 e. The number of piperidine rings is 1. The van der Waals surface area contributed by atoms with E-state index in [0.29, 0.717) is 13.2 Å². The Morgan fingerprint density at radius 2 is 1.91 bits per heavy atom. The van der Waals surface area contributed by atoms with Crippen LogP contribution in [0.5, 0.6) is 0 Å². The van der Waals surface area contributed by atoms with Crippen LogP contribution >= 0.6 is 0 Å². The first-order chi connectivity index (χ1) is 15.5. The molecule has 5 atom stereocenters. The molecule has 33 heavy (non-hydrogen) atoms. The number of benzene rings is 1. The second-order valence-corrected chi connectivity index (χ2v) is 16.9. The van der Waals surface area contributed by atoms with Crippen LogP contribution in [0, 0.1) is 11.3 Å². The van der Waals surface area contributed by atoms with Crippen molar-refractivity contribution in [1.82, 2.24) is 4.90 Å². The zero-order valence-electron chi connectivity index (χ0n) is 21.6. The maximum absolute atomic E-state index is 12.2. The van der Waals surface area contributed by atoms with Crippen LogP contribution in [0.4, 0.5) is 0 Å². The highest BCUT2D eigenvalue weighted by atomic mass is 28.4. The average Bonchev–Trinajstić information content (AvgIpc) is 3.33. The van der Waals surface area contributed by atoms with Crippen LogP contribution in [0.3, 0.4) is 0 Å². The number of aliphatic hydroxyl groups is 1. The van der Waals surface area contributed by atoms with Crippen LogP contribution in [-0.4, -0.2) is 62.6 Å². The second-order valence-electron chi connectivity index (χ2n) is 12.1. The first kappa shape index (κ1) is 25.3. The van der Waals surface area contributed by atoms with E-state index in [2.05, 4.69) is 76.0 Å². The van der Waals surface area contributed by atoms with Gasteiger partial charge < -0.3 is 19.0 Å². The maximum atomic E-state index is 12.2. The van der Waals surface area contributed by atoms with Crippen molar-refractivity contribution in [3.63, 3.8) is 0 Å². The molecule has 0 radical (unpaired) electrons. The van der Waals surface area contributed by atoms with Crippen LogP contribution in [0.1, 0.15) is 58.9 Å². The van der Waals surface area contributed by atoms with Gasteiger partial charge in [-0.25, -0.2) is 0 Å². The van der Waals surface area contributed by atoms with Crippen LogP contribution in [0.2, 0.25) is 18.1 Å². The van der Waals surface area contributed by atoms with Gasteiger partial charge in [0.15, 0.2) is 14.6 Å². The summed E-state index contributed by atoms with van der Waals surface area (Å²) in [4.78, 5) is 2.44. The third-order valence-corrected chi connectivity index (χ3v) is 13.7. The number of rotatable bonds is 8. The topological polar surface area (TPSA) is 51.2 Å². The van der Waals surface area contributed by atoms with Crippen molar-refractivity contribution in [1.29, 1.82) is 0 Å². The summed E-state index contributed by atoms with van der Waals surface area (Å²) in [7, 11) is -1.92. The van der Waals surface area contributed by atoms with Crippen LogP contribution in [-0.2, 0) is 20.4 Å². The van der Waals surface area contributed by atoms with Gasteiger partial charge in [0.1, 0.15) is 0 Å². The highest BCUT2D eigenvalue weighted by Gasteiger charge is 2.80. The molecule has 3 fully saturated rings. The highest BCUT2D eigenvalue weighted by molar-refractivity contribution is 6.74. The van der Waals surface area contributed by atoms with Gasteiger partial charge in [-0.05, 0) is 62.8 Å². The van der Waals surface area contributed by atoms with Gasteiger partial charge in [-0.3, -0.25) is 4.90 Å². The Kier molecular flexibility index (Phi) is 7.19. The van der Waals surface area contributed by atoms with E-state index < -0.39 is 13.9 Å². The van der Waals surface area contributed by atoms with Crippen LogP contribution in [0.15, 0.2) is 30.3 Å². The summed E-state index contributed by atoms with van der Waals surface area (Å²) in [6, 6.07) is 10.6. The lowest BCUT2D eigenvalue weighted by atomic mass is 9.88. The normalized spacial score (nSPS) is 35.3. The minimum atomic E-state index is -1.92. The Balaban J connectivity index is 1.50. The van der Waals surface area contributed by atoms with Crippen molar-refractivity contribution in [3.8, 4) is 0 Å². The third-order valence-electron chi connectivity index (χ3n) is 9.25. The molecule has 3 aliphatic rings. The molecule has 1 aromatic rings. The number of hydrogen-bond donors (Lipinski definition) is 1. The van der Waals surface area contributed by atoms with E-state index >= 15 is 0 Å². The summed E-state index contributed by atoms with van der Waals surface area (Å²) in [6.45, 7) is 17.4. The maximum Gasteiger partial charge on any atom is 0.192 e. The van der Waals surface area contributed by atoms with Crippen molar-refractivity contribution in [2.24, 2.45) is 11.3 Å². The van der Waals surface area contributed by atoms with Crippen LogP contribution in [0.25, 0.3) is 0 Å². The smallest absolute Gasteiger partial charge is 0.192 e. The Morgan fingerprint density at radius 3 is 2.55 bits per heavy atom. The molecule has 1 aromatic carbocycles. The number of likely N-dealkylation sites (tertiary alicyclic amines) is 1. The molecule has 0 aromatic heterocycles. The molecule has 0 amide bonds. The van der Waals surface area contributed by atoms with Gasteiger partial charge >= 0.3 is 0 Å². The van der Waals surface area contributed by atoms with Crippen LogP contribution < -0.4 is 0 Å². The predicted molar refractivity (Wildman–Crippen MR) is 134 cm³/mol. The molecule has 2 saturated heterocycles. The fourth-order valence-electron chi connectivity index (χ4n) is 5.77. The second kappa shape index (κ2) is 9.36. The lowest BCUT2D eigenvalue weighted by Crippen LogP contribution is -2.53. The molecule has 5 unspecified atom stereocenters. The highest BCUT2D eigenvalue weighted by Crippen LogP contribution is 2.69. The van der Waals surface area contributed by atoms with E-state index in [9.17, 15) is 5.11 Å². The van der Waals surface area contributed by atoms with Crippen molar-refractivity contribution >= 4 is 8.32 Å². The Bertz CT molecular complexity index is 791. The molecule has 2 aliphatic heterocycles. The fourth-order valence-corrected chi connectivity index (χ4v) is 6.82. The van der Waals surface area contributed by atoms with Crippen molar-refractivity contribution < 1.29 is 19.0 Å². The molecule has 0 bridgehead atoms. The summed E-state index contributed by atoms with van der Waals surface area (Å²) in [5.41, 5.74) is 0.267. The molecule has 1 saturated carbocycles. The SMILES string of the molecule is CC1N(Cc2ccccc2)CCC2(CO[Si](C)(C)C(C)(C)C)C(COC3CCCCO3)C12O. The number of ether oxygens (including phenoxy) is 2. The van der Waals surface area contributed by atoms with E-state index in [1.54, 1.807) is 0 Å². The molecule has 0 spiro atoms. The Morgan fingerprint density at radius 1 is 1.18 bits per heavy atom. The van der Waals surface area contributed by atoms with Gasteiger partial charge in [0.05, 0.1) is 12.2 Å². The van der Waals surface area contributed by atoms with E-state index in [0.717, 1.165) is 45.4 Å². The standard InChI is InChI=1S/C27H45NO4Si/c1-21-27(29)23(19-31-24-14-10-11-17-30-24)26(27,20-32-33(5,6)25(2,3)4)15-16-28(21)18-22-12-8-7-9-13-22/h7-9,12-13,21,23-24,29H,10-11,14-20H2,1-6H3. The average molecular weight is 476 g/mol. The largest absolute Gasteiger partial charge is 0.416 e. The van der Waals surface area contributed by atoms with Crippen molar-refractivity contribution in [3.05, 3.63) is 35.9 Å². The zero-order valence-corrected chi connectivity index (χ0v) is 22.6. The summed E-state index contributed by atoms with van der Waals surface area (Å²) in [5.74, 6) is 0.0797. The van der Waals surface area contributed by atoms with Gasteiger partial charge in [-0.15, -0.1) is 0 Å². The number of hydrogen-bond acceptors (Lipinski definition) is 5. The van der Waals surface area contributed by atoms with Gasteiger partial charge in [-0.2, -0.15) is 0 Å². The van der Waals surface area contributed by atoms with E-state index in [4.69, 9.17) is 13.9 Å². The molecule has 5 nitrogen and oxygen atoms in total. The number of nitrogens with zero attached hydrogens (tertiary/aromatic N) is 1. The zero-order chi connectivity index (χ0) is 23.9. The summed E-state index contributed by atoms with van der Waals surface area (Å²) in [5, 5.41) is 12.3. The molecule has 2 heterocycles. The van der Waals surface area contributed by atoms with Gasteiger partial charge in [0, 0.05) is 37.1 Å². The summed E-state index contributed by atoms with van der Waals surface area (Å²) >= 11 is 0. The monoisotopic (exact) mass is 475 g/mol. The van der Waals surface area contributed by atoms with E-state index in [-0.39, 0.29) is 28.7 Å². The first-order valence-electron chi connectivity index (χ1n) is 12.9. The first-order valence-corrected chi connectivity index (χ1v) is 15.8. The van der Waals surface area contributed by atoms with Crippen molar-refractivity contribution in [2.75, 3.05) is 26.4 Å². The summed E-state index contributed by atoms with van der Waals surface area (Å²) < 4.78 is 18.8. The molecule has 6 heteroatoms. The third kappa shape index (κ3) is 4.72. The fraction of sp³-hybridized carbons (Fsp3) is 0.778. The predicted octanol–water partition coefficient (Wildman–Crippen LogP) is 5.19. The lowest BCUT2D eigenvalue weighted by molar-refractivity contribution is -0.168. The Labute approximate surface area is 201 Å². The molecule has 186 valence electrons. The van der Waals surface area contributed by atoms with E-state index in [1.165, 1.54) is 5.56 Å². The van der Waals surface area contributed by atoms with Gasteiger partial charge in [-0.1, -0.05) is 51.1 Å². The quantitative estimate of drug-likeness (QED) is 0.524. The molecular weight excluding hydrogens is 430 g/mol. The van der Waals surface area contributed by atoms with Gasteiger partial charge in [0.2, 0.25) is 0 Å². The molecule has 4 rings (SSSR count). The molecule has 1 aliphatic carbocycles. The number of fused-ring (bicyclic) bond motifs is 1. The Hall–Kier alpha value is -0.763. The molecule has 1 N–H and O–H groups in total. The van der Waals surface area contributed by atoms with Gasteiger partial charge in [0.25, 0.3) is 0 Å². The lowest BCUT2D eigenvalue weighted by Gasteiger charge is -2.43. The van der Waals surface area contributed by atoms with Crippen molar-refractivity contribution in [2.45, 2.75) is 96.0 Å². The van der Waals surface area contributed by atoms with E-state index in [1.807, 2.05) is 0 Å². The summed E-state index contributed by atoms with van der Waals surface area (Å²) in [6.07, 6.45) is 4.03.